The summed E-state index contributed by atoms with van der Waals surface area (Å²) in [6, 6.07) is 1.66. The van der Waals surface area contributed by atoms with E-state index in [4.69, 9.17) is 42.3 Å². The van der Waals surface area contributed by atoms with Crippen molar-refractivity contribution in [2.45, 2.75) is 135 Å². The molecule has 15 heteroatoms. The molecule has 4 heterocycles. The van der Waals surface area contributed by atoms with Crippen molar-refractivity contribution < 1.29 is 71.4 Å². The standard InChI is InChI=1S/C39H48O15/c1-18(2)26(44)25-27-32(6,28(48-19(3)40)22-11-14-47-16-22)12-13-36-34(8)23(15-24(43)46-10)33(7)17-37(34)39(51-21(5)42,30(33)49-20(4)41)31(50-29(25)45)38(27,36)54-35(9,52-36)53-37/h11,14,16,18,23,27-28,30-31,44H,12-13,15,17H2,1-10H3/b26-25-. The topological polar surface area (TPSA) is 193 Å². The van der Waals surface area contributed by atoms with Crippen LogP contribution in [0.15, 0.2) is 34.3 Å². The number of rotatable bonds is 8. The second-order valence-corrected chi connectivity index (χ2v) is 17.4. The van der Waals surface area contributed by atoms with Gasteiger partial charge < -0.3 is 47.4 Å². The van der Waals surface area contributed by atoms with Crippen LogP contribution in [-0.4, -0.2) is 82.6 Å². The van der Waals surface area contributed by atoms with Crippen molar-refractivity contribution in [3.63, 3.8) is 0 Å². The first-order chi connectivity index (χ1) is 25.1. The largest absolute Gasteiger partial charge is 0.511 e. The van der Waals surface area contributed by atoms with Crippen LogP contribution in [-0.2, 0) is 61.9 Å². The number of hydrogen-bond acceptors (Lipinski definition) is 15. The lowest BCUT2D eigenvalue weighted by Crippen LogP contribution is -2.95. The smallest absolute Gasteiger partial charge is 0.338 e. The zero-order valence-electron chi connectivity index (χ0n) is 32.2. The number of fused-ring (bicyclic) bond motifs is 3. The second kappa shape index (κ2) is 10.9. The Morgan fingerprint density at radius 3 is 2.22 bits per heavy atom. The van der Waals surface area contributed by atoms with E-state index >= 15 is 0 Å². The predicted molar refractivity (Wildman–Crippen MR) is 179 cm³/mol. The lowest BCUT2D eigenvalue weighted by Gasteiger charge is -2.77. The third kappa shape index (κ3) is 3.81. The van der Waals surface area contributed by atoms with Crippen LogP contribution in [0.4, 0.5) is 0 Å². The van der Waals surface area contributed by atoms with Gasteiger partial charge in [0.15, 0.2) is 17.8 Å². The molecule has 3 spiro atoms. The monoisotopic (exact) mass is 756 g/mol. The maximum atomic E-state index is 14.9. The van der Waals surface area contributed by atoms with Crippen LogP contribution < -0.4 is 0 Å². The molecule has 4 bridgehead atoms. The fourth-order valence-corrected chi connectivity index (χ4v) is 13.3. The highest BCUT2D eigenvalue weighted by atomic mass is 16.9. The molecule has 13 unspecified atom stereocenters. The van der Waals surface area contributed by atoms with Crippen molar-refractivity contribution >= 4 is 29.8 Å². The van der Waals surface area contributed by atoms with Gasteiger partial charge in [-0.05, 0) is 31.2 Å². The van der Waals surface area contributed by atoms with E-state index in [9.17, 15) is 29.1 Å². The molecule has 3 aliphatic heterocycles. The Labute approximate surface area is 312 Å². The average molecular weight is 757 g/mol. The summed E-state index contributed by atoms with van der Waals surface area (Å²) in [6.45, 7) is 14.4. The Kier molecular flexibility index (Phi) is 7.45. The second-order valence-electron chi connectivity index (χ2n) is 17.4. The maximum absolute atomic E-state index is 14.9. The first kappa shape index (κ1) is 37.0. The van der Waals surface area contributed by atoms with E-state index in [1.54, 1.807) is 26.8 Å². The minimum atomic E-state index is -2.08. The molecule has 1 aromatic rings. The zero-order valence-corrected chi connectivity index (χ0v) is 32.2. The Balaban J connectivity index is 1.54. The molecule has 0 aromatic carbocycles. The number of aliphatic hydroxyl groups excluding tert-OH is 1. The van der Waals surface area contributed by atoms with Crippen molar-refractivity contribution in [1.82, 2.24) is 0 Å². The van der Waals surface area contributed by atoms with Gasteiger partial charge >= 0.3 is 29.8 Å². The molecule has 15 nitrogen and oxygen atoms in total. The van der Waals surface area contributed by atoms with Crippen LogP contribution in [0.25, 0.3) is 0 Å². The van der Waals surface area contributed by atoms with Crippen molar-refractivity contribution in [3.05, 3.63) is 35.5 Å². The molecule has 3 saturated heterocycles. The minimum absolute atomic E-state index is 0.0878. The summed E-state index contributed by atoms with van der Waals surface area (Å²) in [4.78, 5) is 68.2. The van der Waals surface area contributed by atoms with E-state index in [1.165, 1.54) is 40.4 Å². The van der Waals surface area contributed by atoms with Gasteiger partial charge in [-0.3, -0.25) is 19.2 Å². The van der Waals surface area contributed by atoms with Crippen LogP contribution in [0.1, 0.15) is 99.7 Å². The molecule has 0 radical (unpaired) electrons. The number of furan rings is 1. The molecule has 1 N–H and O–H groups in total. The van der Waals surface area contributed by atoms with E-state index < -0.39 is 111 Å². The average Bonchev–Trinajstić information content (AvgIpc) is 3.77. The molecule has 1 aromatic heterocycles. The highest BCUT2D eigenvalue weighted by Gasteiger charge is 3.05. The van der Waals surface area contributed by atoms with Crippen LogP contribution in [0, 0.1) is 34.0 Å². The summed E-state index contributed by atoms with van der Waals surface area (Å²) in [5.74, 6) is -8.30. The molecule has 294 valence electrons. The number of carbonyl (C=O) groups excluding carboxylic acids is 5. The Morgan fingerprint density at radius 1 is 0.963 bits per heavy atom. The maximum Gasteiger partial charge on any atom is 0.338 e. The van der Waals surface area contributed by atoms with Gasteiger partial charge in [0.05, 0.1) is 25.2 Å². The van der Waals surface area contributed by atoms with Gasteiger partial charge in [0.25, 0.3) is 5.97 Å². The van der Waals surface area contributed by atoms with E-state index in [0.29, 0.717) is 5.56 Å². The summed E-state index contributed by atoms with van der Waals surface area (Å²) in [5.41, 5.74) is -10.6. The van der Waals surface area contributed by atoms with Gasteiger partial charge in [-0.15, -0.1) is 0 Å². The Morgan fingerprint density at radius 2 is 1.65 bits per heavy atom. The van der Waals surface area contributed by atoms with E-state index in [0.717, 1.165) is 0 Å². The van der Waals surface area contributed by atoms with Crippen molar-refractivity contribution in [1.29, 1.82) is 0 Å². The third-order valence-corrected chi connectivity index (χ3v) is 14.5. The van der Waals surface area contributed by atoms with Crippen LogP contribution in [0.3, 0.4) is 0 Å². The minimum Gasteiger partial charge on any atom is -0.511 e. The zero-order chi connectivity index (χ0) is 39.4. The molecule has 7 fully saturated rings. The number of esters is 5. The highest BCUT2D eigenvalue weighted by molar-refractivity contribution is 5.92. The van der Waals surface area contributed by atoms with E-state index in [1.807, 2.05) is 20.8 Å². The van der Waals surface area contributed by atoms with Crippen molar-refractivity contribution in [2.75, 3.05) is 7.11 Å². The van der Waals surface area contributed by atoms with Gasteiger partial charge in [-0.1, -0.05) is 34.6 Å². The fourth-order valence-electron chi connectivity index (χ4n) is 13.3. The summed E-state index contributed by atoms with van der Waals surface area (Å²) in [7, 11) is 1.29. The van der Waals surface area contributed by atoms with Crippen LogP contribution in [0.2, 0.25) is 0 Å². The number of allylic oxidation sites excluding steroid dienone is 1. The first-order valence-corrected chi connectivity index (χ1v) is 18.5. The summed E-state index contributed by atoms with van der Waals surface area (Å²) in [5, 5.41) is 12.1. The molecule has 0 amide bonds. The van der Waals surface area contributed by atoms with Crippen molar-refractivity contribution in [3.8, 4) is 0 Å². The third-order valence-electron chi connectivity index (χ3n) is 14.5. The number of carbonyl (C=O) groups is 5. The van der Waals surface area contributed by atoms with E-state index in [-0.39, 0.29) is 37.0 Å². The normalized spacial score (nSPS) is 47.4. The molecular weight excluding hydrogens is 708 g/mol. The van der Waals surface area contributed by atoms with Crippen LogP contribution in [0.5, 0.6) is 0 Å². The molecule has 7 aliphatic rings. The number of methoxy groups -OCH3 is 1. The van der Waals surface area contributed by atoms with Crippen LogP contribution >= 0.6 is 0 Å². The SMILES string of the molecule is COC(=O)CC1C2(C)CC34OC5(C)OC67C(/C(=C(/O)C(C)C)C(=O)OC6C3(OC(C)=O)C2OC(C)=O)C(C)(C(OC(C)=O)c2ccoc2)CCC7(O5)C14C. The Hall–Kier alpha value is -3.95. The van der Waals surface area contributed by atoms with Gasteiger partial charge in [0.1, 0.15) is 23.1 Å². The fraction of sp³-hybridized carbons (Fsp3) is 0.718. The van der Waals surface area contributed by atoms with Gasteiger partial charge in [0.2, 0.25) is 5.60 Å². The van der Waals surface area contributed by atoms with Gasteiger partial charge in [-0.25, -0.2) is 4.79 Å². The van der Waals surface area contributed by atoms with Gasteiger partial charge in [0, 0.05) is 67.8 Å². The lowest BCUT2D eigenvalue weighted by molar-refractivity contribution is -0.477. The van der Waals surface area contributed by atoms with Crippen molar-refractivity contribution in [2.24, 2.45) is 34.0 Å². The lowest BCUT2D eigenvalue weighted by atomic mass is 9.32. The highest BCUT2D eigenvalue weighted by Crippen LogP contribution is 2.90. The molecule has 54 heavy (non-hydrogen) atoms. The predicted octanol–water partition coefficient (Wildman–Crippen LogP) is 4.52. The molecule has 8 rings (SSSR count). The Bertz CT molecular complexity index is 1900. The van der Waals surface area contributed by atoms with Gasteiger partial charge in [-0.2, -0.15) is 0 Å². The molecular formula is C39H48O15. The number of ether oxygens (including phenoxy) is 8. The summed E-state index contributed by atoms with van der Waals surface area (Å²) in [6.07, 6.45) is -0.805. The number of hydrogen-bond donors (Lipinski definition) is 1. The molecule has 13 atom stereocenters. The quantitative estimate of drug-likeness (QED) is 0.168. The summed E-state index contributed by atoms with van der Waals surface area (Å²) >= 11 is 0. The molecule has 4 saturated carbocycles. The first-order valence-electron chi connectivity index (χ1n) is 18.5. The molecule has 4 aliphatic carbocycles. The number of aliphatic hydroxyl groups is 1. The van der Waals surface area contributed by atoms with E-state index in [2.05, 4.69) is 0 Å². The summed E-state index contributed by atoms with van der Waals surface area (Å²) < 4.78 is 57.9.